The maximum atomic E-state index is 12.5. The van der Waals surface area contributed by atoms with Crippen molar-refractivity contribution >= 4 is 33.9 Å². The fraction of sp³-hybridized carbons (Fsp3) is 0.250. The molecule has 0 fully saturated rings. The number of rotatable bonds is 2. The topological polar surface area (TPSA) is 38.9 Å². The Kier molecular flexibility index (Phi) is 4.17. The zero-order valence-corrected chi connectivity index (χ0v) is 12.8. The summed E-state index contributed by atoms with van der Waals surface area (Å²) in [5.41, 5.74) is 7.91. The monoisotopic (exact) mass is 398 g/mol. The fourth-order valence-electron chi connectivity index (χ4n) is 1.62. The number of thiazole rings is 1. The van der Waals surface area contributed by atoms with Crippen LogP contribution in [0.5, 0.6) is 0 Å². The molecule has 0 aliphatic rings. The first kappa shape index (κ1) is 14.7. The van der Waals surface area contributed by atoms with Gasteiger partial charge in [0.15, 0.2) is 5.01 Å². The van der Waals surface area contributed by atoms with Crippen LogP contribution >= 0.6 is 33.9 Å². The summed E-state index contributed by atoms with van der Waals surface area (Å²) < 4.78 is 38.5. The Balaban J connectivity index is 2.37. The van der Waals surface area contributed by atoms with Gasteiger partial charge in [0.25, 0.3) is 0 Å². The van der Waals surface area contributed by atoms with E-state index in [1.165, 1.54) is 6.20 Å². The third-order valence-corrected chi connectivity index (χ3v) is 5.23. The third kappa shape index (κ3) is 3.09. The van der Waals surface area contributed by atoms with E-state index >= 15 is 0 Å². The lowest BCUT2D eigenvalue weighted by atomic mass is 10.0. The number of hydrogen-bond acceptors (Lipinski definition) is 3. The molecule has 1 atom stereocenters. The standard InChI is InChI=1S/C12H10F3IN2S/c1-6-3-2-4-7(9(6)16)10(17)8-5-18-11(19-8)12(13,14)15/h2-5,10H,17H2,1H3. The molecule has 1 unspecified atom stereocenters. The minimum Gasteiger partial charge on any atom is -0.320 e. The molecular weight excluding hydrogens is 388 g/mol. The van der Waals surface area contributed by atoms with Crippen LogP contribution in [0.15, 0.2) is 24.4 Å². The van der Waals surface area contributed by atoms with Crippen LogP contribution in [0, 0.1) is 10.5 Å². The number of alkyl halides is 3. The smallest absolute Gasteiger partial charge is 0.320 e. The van der Waals surface area contributed by atoms with Gasteiger partial charge >= 0.3 is 6.18 Å². The number of benzene rings is 1. The van der Waals surface area contributed by atoms with Crippen molar-refractivity contribution in [1.82, 2.24) is 4.98 Å². The quantitative estimate of drug-likeness (QED) is 0.774. The third-order valence-electron chi connectivity index (χ3n) is 2.63. The lowest BCUT2D eigenvalue weighted by Crippen LogP contribution is -2.12. The average molecular weight is 398 g/mol. The molecule has 0 radical (unpaired) electrons. The first-order valence-electron chi connectivity index (χ1n) is 5.34. The molecule has 1 aromatic heterocycles. The number of nitrogens with two attached hydrogens (primary N) is 1. The Labute approximate surface area is 126 Å². The van der Waals surface area contributed by atoms with Crippen molar-refractivity contribution in [3.63, 3.8) is 0 Å². The lowest BCUT2D eigenvalue weighted by molar-refractivity contribution is -0.137. The number of nitrogens with zero attached hydrogens (tertiary/aromatic N) is 1. The molecule has 0 aliphatic carbocycles. The molecule has 1 aromatic carbocycles. The van der Waals surface area contributed by atoms with E-state index in [-0.39, 0.29) is 0 Å². The molecule has 7 heteroatoms. The highest BCUT2D eigenvalue weighted by Gasteiger charge is 2.35. The van der Waals surface area contributed by atoms with Gasteiger partial charge in [0.1, 0.15) is 0 Å². The highest BCUT2D eigenvalue weighted by atomic mass is 127. The molecule has 2 rings (SSSR count). The van der Waals surface area contributed by atoms with Crippen molar-refractivity contribution < 1.29 is 13.2 Å². The van der Waals surface area contributed by atoms with Gasteiger partial charge in [0.2, 0.25) is 0 Å². The van der Waals surface area contributed by atoms with Gasteiger partial charge in [-0.15, -0.1) is 11.3 Å². The van der Waals surface area contributed by atoms with Crippen LogP contribution < -0.4 is 5.73 Å². The lowest BCUT2D eigenvalue weighted by Gasteiger charge is -2.13. The van der Waals surface area contributed by atoms with E-state index in [4.69, 9.17) is 5.73 Å². The minimum absolute atomic E-state index is 0.413. The van der Waals surface area contributed by atoms with E-state index in [0.717, 1.165) is 14.7 Å². The molecule has 19 heavy (non-hydrogen) atoms. The molecule has 2 N–H and O–H groups in total. The molecule has 0 aliphatic heterocycles. The summed E-state index contributed by atoms with van der Waals surface area (Å²) in [5, 5.41) is -0.861. The van der Waals surface area contributed by atoms with Crippen molar-refractivity contribution in [2.45, 2.75) is 19.1 Å². The maximum absolute atomic E-state index is 12.5. The van der Waals surface area contributed by atoms with Crippen LogP contribution in [-0.2, 0) is 6.18 Å². The second-order valence-electron chi connectivity index (χ2n) is 4.02. The zero-order chi connectivity index (χ0) is 14.2. The Morgan fingerprint density at radius 2 is 2.05 bits per heavy atom. The average Bonchev–Trinajstić information content (AvgIpc) is 2.81. The van der Waals surface area contributed by atoms with Crippen LogP contribution in [-0.4, -0.2) is 4.98 Å². The molecule has 0 bridgehead atoms. The molecule has 2 aromatic rings. The van der Waals surface area contributed by atoms with Gasteiger partial charge < -0.3 is 5.73 Å². The highest BCUT2D eigenvalue weighted by Crippen LogP contribution is 2.36. The summed E-state index contributed by atoms with van der Waals surface area (Å²) in [4.78, 5) is 3.81. The van der Waals surface area contributed by atoms with Gasteiger partial charge in [-0.3, -0.25) is 0 Å². The first-order chi connectivity index (χ1) is 8.80. The largest absolute Gasteiger partial charge is 0.443 e. The van der Waals surface area contributed by atoms with E-state index < -0.39 is 17.2 Å². The molecule has 2 nitrogen and oxygen atoms in total. The van der Waals surface area contributed by atoms with Crippen LogP contribution in [0.2, 0.25) is 0 Å². The number of hydrogen-bond donors (Lipinski definition) is 1. The van der Waals surface area contributed by atoms with Crippen molar-refractivity contribution in [1.29, 1.82) is 0 Å². The zero-order valence-electron chi connectivity index (χ0n) is 9.83. The number of aromatic nitrogens is 1. The van der Waals surface area contributed by atoms with Gasteiger partial charge in [0, 0.05) is 14.6 Å². The van der Waals surface area contributed by atoms with Gasteiger partial charge in [0.05, 0.1) is 6.04 Å². The van der Waals surface area contributed by atoms with E-state index in [9.17, 15) is 13.2 Å². The number of halogens is 4. The second kappa shape index (κ2) is 5.37. The fourth-order valence-corrected chi connectivity index (χ4v) is 3.12. The Morgan fingerprint density at radius 3 is 2.63 bits per heavy atom. The van der Waals surface area contributed by atoms with E-state index in [1.54, 1.807) is 0 Å². The van der Waals surface area contributed by atoms with E-state index in [1.807, 2.05) is 25.1 Å². The molecule has 0 saturated heterocycles. The molecule has 0 spiro atoms. The Morgan fingerprint density at radius 1 is 1.37 bits per heavy atom. The van der Waals surface area contributed by atoms with Crippen LogP contribution in [0.1, 0.15) is 27.1 Å². The molecular formula is C12H10F3IN2S. The van der Waals surface area contributed by atoms with Gasteiger partial charge in [-0.25, -0.2) is 4.98 Å². The summed E-state index contributed by atoms with van der Waals surface area (Å²) in [6.45, 7) is 1.94. The molecule has 102 valence electrons. The molecule has 1 heterocycles. The van der Waals surface area contributed by atoms with Gasteiger partial charge in [-0.05, 0) is 40.6 Å². The van der Waals surface area contributed by atoms with E-state index in [2.05, 4.69) is 27.6 Å². The Hall–Kier alpha value is -0.670. The number of aryl methyl sites for hydroxylation is 1. The van der Waals surface area contributed by atoms with Gasteiger partial charge in [-0.1, -0.05) is 18.2 Å². The van der Waals surface area contributed by atoms with Gasteiger partial charge in [-0.2, -0.15) is 13.2 Å². The normalized spacial score (nSPS) is 13.6. The van der Waals surface area contributed by atoms with Crippen LogP contribution in [0.25, 0.3) is 0 Å². The minimum atomic E-state index is -4.41. The molecule has 0 amide bonds. The predicted octanol–water partition coefficient (Wildman–Crippen LogP) is 4.12. The van der Waals surface area contributed by atoms with Crippen molar-refractivity contribution in [2.75, 3.05) is 0 Å². The van der Waals surface area contributed by atoms with Crippen LogP contribution in [0.4, 0.5) is 13.2 Å². The van der Waals surface area contributed by atoms with Crippen molar-refractivity contribution in [2.24, 2.45) is 5.73 Å². The molecule has 0 saturated carbocycles. The van der Waals surface area contributed by atoms with Crippen molar-refractivity contribution in [3.05, 3.63) is 49.0 Å². The summed E-state index contributed by atoms with van der Waals surface area (Å²) in [6.07, 6.45) is -3.21. The summed E-state index contributed by atoms with van der Waals surface area (Å²) >= 11 is 2.74. The highest BCUT2D eigenvalue weighted by molar-refractivity contribution is 14.1. The second-order valence-corrected chi connectivity index (χ2v) is 6.16. The maximum Gasteiger partial charge on any atom is 0.443 e. The Bertz CT molecular complexity index is 595. The summed E-state index contributed by atoms with van der Waals surface area (Å²) in [7, 11) is 0. The van der Waals surface area contributed by atoms with Crippen molar-refractivity contribution in [3.8, 4) is 0 Å². The first-order valence-corrected chi connectivity index (χ1v) is 7.23. The van der Waals surface area contributed by atoms with E-state index in [0.29, 0.717) is 16.2 Å². The SMILES string of the molecule is Cc1cccc(C(N)c2cnc(C(F)(F)F)s2)c1I. The summed E-state index contributed by atoms with van der Waals surface area (Å²) in [6, 6.07) is 5.02. The summed E-state index contributed by atoms with van der Waals surface area (Å²) in [5.74, 6) is 0. The predicted molar refractivity (Wildman–Crippen MR) is 77.0 cm³/mol. The van der Waals surface area contributed by atoms with Crippen LogP contribution in [0.3, 0.4) is 0 Å².